The number of nitrogens with two attached hydrogens (primary N) is 1. The van der Waals surface area contributed by atoms with E-state index < -0.39 is 23.9 Å². The summed E-state index contributed by atoms with van der Waals surface area (Å²) in [7, 11) is 0. The van der Waals surface area contributed by atoms with Crippen molar-refractivity contribution in [1.82, 2.24) is 10.6 Å². The molecule has 0 radical (unpaired) electrons. The van der Waals surface area contributed by atoms with E-state index in [4.69, 9.17) is 17.3 Å². The molecule has 0 fully saturated rings. The van der Waals surface area contributed by atoms with Crippen LogP contribution in [0.5, 0.6) is 0 Å². The van der Waals surface area contributed by atoms with Gasteiger partial charge in [0.2, 0.25) is 17.7 Å². The van der Waals surface area contributed by atoms with Crippen LogP contribution in [0.2, 0.25) is 5.02 Å². The number of amides is 3. The van der Waals surface area contributed by atoms with E-state index in [-0.39, 0.29) is 18.2 Å². The molecule has 0 saturated heterocycles. The maximum Gasteiger partial charge on any atom is 0.243 e. The van der Waals surface area contributed by atoms with Gasteiger partial charge in [-0.05, 0) is 29.7 Å². The summed E-state index contributed by atoms with van der Waals surface area (Å²) < 4.78 is 0.759. The van der Waals surface area contributed by atoms with Crippen molar-refractivity contribution in [3.8, 4) is 0 Å². The van der Waals surface area contributed by atoms with Crippen molar-refractivity contribution in [1.29, 1.82) is 0 Å². The summed E-state index contributed by atoms with van der Waals surface area (Å²) in [6.07, 6.45) is 0.188. The Hall–Kier alpha value is -1.60. The van der Waals surface area contributed by atoms with Crippen LogP contribution in [0.25, 0.3) is 0 Å². The highest BCUT2D eigenvalue weighted by Gasteiger charge is 2.27. The van der Waals surface area contributed by atoms with Crippen molar-refractivity contribution < 1.29 is 14.4 Å². The average molecular weight is 419 g/mol. The lowest BCUT2D eigenvalue weighted by molar-refractivity contribution is -0.131. The van der Waals surface area contributed by atoms with Crippen LogP contribution in [0.15, 0.2) is 22.7 Å². The van der Waals surface area contributed by atoms with E-state index in [0.29, 0.717) is 5.02 Å². The molecule has 132 valence electrons. The first-order valence-corrected chi connectivity index (χ1v) is 8.59. The van der Waals surface area contributed by atoms with Gasteiger partial charge in [0.15, 0.2) is 0 Å². The van der Waals surface area contributed by atoms with Crippen LogP contribution in [-0.2, 0) is 20.8 Å². The van der Waals surface area contributed by atoms with Gasteiger partial charge in [-0.15, -0.1) is 0 Å². The minimum absolute atomic E-state index is 0.139. The molecule has 8 heteroatoms. The zero-order valence-corrected chi connectivity index (χ0v) is 16.1. The lowest BCUT2D eigenvalue weighted by Gasteiger charge is -2.24. The van der Waals surface area contributed by atoms with Gasteiger partial charge in [-0.25, -0.2) is 0 Å². The predicted molar refractivity (Wildman–Crippen MR) is 96.4 cm³/mol. The van der Waals surface area contributed by atoms with Crippen molar-refractivity contribution in [3.05, 3.63) is 33.3 Å². The van der Waals surface area contributed by atoms with Crippen LogP contribution in [0.4, 0.5) is 0 Å². The Bertz CT molecular complexity index is 637. The summed E-state index contributed by atoms with van der Waals surface area (Å²) in [6.45, 7) is 4.93. The van der Waals surface area contributed by atoms with Gasteiger partial charge < -0.3 is 16.4 Å². The molecule has 1 aromatic rings. The monoisotopic (exact) mass is 417 g/mol. The maximum atomic E-state index is 12.4. The normalized spacial score (nSPS) is 13.2. The number of rotatable bonds is 7. The van der Waals surface area contributed by atoms with Crippen molar-refractivity contribution in [2.45, 2.75) is 39.3 Å². The molecule has 6 nitrogen and oxygen atoms in total. The number of carbonyl (C=O) groups is 3. The summed E-state index contributed by atoms with van der Waals surface area (Å²) in [6, 6.07) is 3.50. The van der Waals surface area contributed by atoms with Gasteiger partial charge in [0.05, 0.1) is 0 Å². The molecular weight excluding hydrogens is 398 g/mol. The molecule has 2 atom stereocenters. The summed E-state index contributed by atoms with van der Waals surface area (Å²) in [4.78, 5) is 35.4. The molecule has 0 aliphatic carbocycles. The minimum atomic E-state index is -0.915. The van der Waals surface area contributed by atoms with Gasteiger partial charge in [-0.2, -0.15) is 0 Å². The Kier molecular flexibility index (Phi) is 7.69. The van der Waals surface area contributed by atoms with Crippen LogP contribution in [-0.4, -0.2) is 29.8 Å². The van der Waals surface area contributed by atoms with Crippen molar-refractivity contribution in [2.75, 3.05) is 0 Å². The Morgan fingerprint density at radius 1 is 1.25 bits per heavy atom. The Morgan fingerprint density at radius 2 is 1.88 bits per heavy atom. The van der Waals surface area contributed by atoms with Gasteiger partial charge in [0.1, 0.15) is 12.1 Å². The number of primary amides is 1. The highest BCUT2D eigenvalue weighted by Crippen LogP contribution is 2.22. The predicted octanol–water partition coefficient (Wildman–Crippen LogP) is 1.78. The summed E-state index contributed by atoms with van der Waals surface area (Å²) >= 11 is 9.34. The van der Waals surface area contributed by atoms with Crippen molar-refractivity contribution >= 4 is 45.3 Å². The molecule has 24 heavy (non-hydrogen) atoms. The molecule has 0 heterocycles. The molecule has 0 unspecified atom stereocenters. The fourth-order valence-electron chi connectivity index (χ4n) is 2.16. The number of hydrogen-bond donors (Lipinski definition) is 3. The molecular formula is C16H21BrClN3O3. The number of halogens is 2. The van der Waals surface area contributed by atoms with E-state index in [9.17, 15) is 14.4 Å². The molecule has 0 aliphatic heterocycles. The second-order valence-corrected chi connectivity index (χ2v) is 7.12. The molecule has 0 aliphatic rings. The summed E-state index contributed by atoms with van der Waals surface area (Å²) in [5.41, 5.74) is 6.15. The number of carbonyl (C=O) groups excluding carboxylic acids is 3. The number of hydrogen-bond acceptors (Lipinski definition) is 3. The topological polar surface area (TPSA) is 101 Å². The fraction of sp³-hybridized carbons (Fsp3) is 0.438. The van der Waals surface area contributed by atoms with Crippen LogP contribution in [0.3, 0.4) is 0 Å². The second-order valence-electron chi connectivity index (χ2n) is 5.83. The molecule has 0 spiro atoms. The quantitative estimate of drug-likeness (QED) is 0.629. The van der Waals surface area contributed by atoms with Crippen LogP contribution < -0.4 is 16.4 Å². The first-order valence-electron chi connectivity index (χ1n) is 7.42. The highest BCUT2D eigenvalue weighted by molar-refractivity contribution is 9.10. The first kappa shape index (κ1) is 20.4. The first-order chi connectivity index (χ1) is 11.1. The van der Waals surface area contributed by atoms with Crippen molar-refractivity contribution in [3.63, 3.8) is 0 Å². The fourth-order valence-corrected chi connectivity index (χ4v) is 2.76. The van der Waals surface area contributed by atoms with Crippen LogP contribution in [0, 0.1) is 5.92 Å². The Labute approximate surface area is 154 Å². The molecule has 4 N–H and O–H groups in total. The van der Waals surface area contributed by atoms with Gasteiger partial charge in [0.25, 0.3) is 0 Å². The molecule has 1 aromatic carbocycles. The van der Waals surface area contributed by atoms with Gasteiger partial charge in [0, 0.05) is 22.8 Å². The standard InChI is InChI=1S/C16H21BrClN3O3/c1-8(2)14(20-9(3)22)16(24)21-13(15(19)23)7-10-6-11(18)4-5-12(10)17/h4-6,8,13-14H,7H2,1-3H3,(H2,19,23)(H,20,22)(H,21,24)/t13-,14-/m1/s1. The van der Waals surface area contributed by atoms with E-state index in [2.05, 4.69) is 26.6 Å². The molecule has 0 aromatic heterocycles. The SMILES string of the molecule is CC(=O)N[C@@H](C(=O)N[C@H](Cc1cc(Cl)ccc1Br)C(N)=O)C(C)C. The zero-order valence-electron chi connectivity index (χ0n) is 13.7. The van der Waals surface area contributed by atoms with Gasteiger partial charge >= 0.3 is 0 Å². The third-order valence-electron chi connectivity index (χ3n) is 3.40. The Morgan fingerprint density at radius 3 is 2.38 bits per heavy atom. The largest absolute Gasteiger partial charge is 0.368 e. The van der Waals surface area contributed by atoms with E-state index in [1.54, 1.807) is 32.0 Å². The lowest BCUT2D eigenvalue weighted by Crippen LogP contribution is -2.55. The Balaban J connectivity index is 2.92. The average Bonchev–Trinajstić information content (AvgIpc) is 2.46. The molecule has 0 saturated carbocycles. The molecule has 3 amide bonds. The number of nitrogens with one attached hydrogen (secondary N) is 2. The van der Waals surface area contributed by atoms with E-state index in [0.717, 1.165) is 10.0 Å². The summed E-state index contributed by atoms with van der Waals surface area (Å²) in [5, 5.41) is 5.70. The smallest absolute Gasteiger partial charge is 0.243 e. The summed E-state index contributed by atoms with van der Waals surface area (Å²) in [5.74, 6) is -1.58. The highest BCUT2D eigenvalue weighted by atomic mass is 79.9. The maximum absolute atomic E-state index is 12.4. The van der Waals surface area contributed by atoms with Gasteiger partial charge in [-0.1, -0.05) is 41.4 Å². The molecule has 0 bridgehead atoms. The van der Waals surface area contributed by atoms with E-state index in [1.807, 2.05) is 0 Å². The zero-order chi connectivity index (χ0) is 18.4. The van der Waals surface area contributed by atoms with Crippen LogP contribution in [0.1, 0.15) is 26.3 Å². The van der Waals surface area contributed by atoms with Crippen LogP contribution >= 0.6 is 27.5 Å². The van der Waals surface area contributed by atoms with E-state index in [1.165, 1.54) is 6.92 Å². The third-order valence-corrected chi connectivity index (χ3v) is 4.41. The van der Waals surface area contributed by atoms with E-state index >= 15 is 0 Å². The minimum Gasteiger partial charge on any atom is -0.368 e. The molecule has 1 rings (SSSR count). The third kappa shape index (κ3) is 6.13. The second kappa shape index (κ2) is 9.03. The lowest BCUT2D eigenvalue weighted by atomic mass is 10.0. The van der Waals surface area contributed by atoms with Gasteiger partial charge in [-0.3, -0.25) is 14.4 Å². The number of benzene rings is 1. The van der Waals surface area contributed by atoms with Crippen molar-refractivity contribution in [2.24, 2.45) is 11.7 Å².